The number of rotatable bonds is 8. The summed E-state index contributed by atoms with van der Waals surface area (Å²) >= 11 is 1.50. The van der Waals surface area contributed by atoms with Crippen LogP contribution in [0.25, 0.3) is 21.6 Å². The summed E-state index contributed by atoms with van der Waals surface area (Å²) in [6, 6.07) is 6.00. The topological polar surface area (TPSA) is 169 Å². The van der Waals surface area contributed by atoms with Crippen molar-refractivity contribution in [2.24, 2.45) is 5.92 Å². The maximum atomic E-state index is 14.2. The van der Waals surface area contributed by atoms with E-state index < -0.39 is 50.3 Å². The average Bonchev–Trinajstić information content (AvgIpc) is 3.88. The van der Waals surface area contributed by atoms with E-state index in [-0.39, 0.29) is 31.2 Å². The van der Waals surface area contributed by atoms with Gasteiger partial charge in [0.25, 0.3) is 5.91 Å². The Morgan fingerprint density at radius 3 is 2.67 bits per heavy atom. The predicted molar refractivity (Wildman–Crippen MR) is 198 cm³/mol. The zero-order chi connectivity index (χ0) is 36.8. The van der Waals surface area contributed by atoms with Gasteiger partial charge in [0.05, 0.1) is 29.6 Å². The highest BCUT2D eigenvalue weighted by Gasteiger charge is 2.63. The molecule has 0 spiro atoms. The average molecular weight is 751 g/mol. The summed E-state index contributed by atoms with van der Waals surface area (Å²) in [6.45, 7) is 6.35. The first-order chi connectivity index (χ1) is 24.8. The van der Waals surface area contributed by atoms with Gasteiger partial charge in [-0.2, -0.15) is 0 Å². The summed E-state index contributed by atoms with van der Waals surface area (Å²) in [5.74, 6) is -0.244. The number of sulfonamides is 1. The van der Waals surface area contributed by atoms with Gasteiger partial charge in [-0.3, -0.25) is 14.3 Å². The minimum absolute atomic E-state index is 0.114. The number of carbonyl (C=O) groups excluding carboxylic acids is 3. The molecule has 3 aromatic rings. The molecule has 0 bridgehead atoms. The van der Waals surface area contributed by atoms with Crippen LogP contribution in [0.3, 0.4) is 0 Å². The number of aromatic nitrogens is 2. The van der Waals surface area contributed by atoms with Gasteiger partial charge in [-0.1, -0.05) is 32.4 Å². The minimum Gasteiger partial charge on any atom is -0.497 e. The SMILES string of the molecule is COc1ccc2c(OC3CC4C(=O)NC5(C(=O)NS(=O)(=O)C6(C)CC6)CC5C=CCCCCCNC(=O)N4C3)cc(-c3nc(C(C)C)cs3)nc2c1. The maximum absolute atomic E-state index is 14.2. The summed E-state index contributed by atoms with van der Waals surface area (Å²) in [4.78, 5) is 52.7. The van der Waals surface area contributed by atoms with E-state index in [0.717, 1.165) is 41.8 Å². The first kappa shape index (κ1) is 36.1. The zero-order valence-electron chi connectivity index (χ0n) is 29.9. The van der Waals surface area contributed by atoms with Crippen LogP contribution in [0, 0.1) is 5.92 Å². The van der Waals surface area contributed by atoms with Crippen molar-refractivity contribution in [2.75, 3.05) is 20.2 Å². The second-order valence-electron chi connectivity index (χ2n) is 14.9. The van der Waals surface area contributed by atoms with Gasteiger partial charge in [0.15, 0.2) is 0 Å². The Hall–Kier alpha value is -4.24. The molecule has 2 aliphatic carbocycles. The van der Waals surface area contributed by atoms with Gasteiger partial charge < -0.3 is 25.0 Å². The van der Waals surface area contributed by atoms with Crippen molar-refractivity contribution >= 4 is 50.1 Å². The number of amides is 4. The van der Waals surface area contributed by atoms with Crippen LogP contribution in [0.4, 0.5) is 4.79 Å². The van der Waals surface area contributed by atoms with Crippen LogP contribution in [-0.4, -0.2) is 83.8 Å². The molecule has 4 heterocycles. The molecule has 4 amide bonds. The van der Waals surface area contributed by atoms with Gasteiger partial charge in [-0.05, 0) is 63.5 Å². The Balaban J connectivity index is 1.18. The second kappa shape index (κ2) is 14.0. The first-order valence-corrected chi connectivity index (χ1v) is 20.4. The molecule has 7 rings (SSSR count). The van der Waals surface area contributed by atoms with E-state index in [1.54, 1.807) is 14.0 Å². The molecular formula is C37H46N6O7S2. The highest BCUT2D eigenvalue weighted by molar-refractivity contribution is 7.91. The van der Waals surface area contributed by atoms with E-state index in [9.17, 15) is 22.8 Å². The fraction of sp³-hybridized carbons (Fsp3) is 0.541. The highest BCUT2D eigenvalue weighted by Crippen LogP contribution is 2.47. The Morgan fingerprint density at radius 1 is 1.13 bits per heavy atom. The standard InChI is InChI=1S/C37H46N6O7S2/c1-22(2)29-21-51-33(40-29)28-18-31(26-12-11-24(49-4)16-27(26)39-28)50-25-17-30-32(44)41-37(34(45)42-52(47,48)36(3)13-14-36)19-23(37)10-8-6-5-7-9-15-38-35(46)43(30)20-25/h8,10-12,16,18,21-23,25,30H,5-7,9,13-15,17,19-20H2,1-4H3,(H,38,46)(H,41,44)(H,42,45). The molecule has 4 aliphatic rings. The third-order valence-corrected chi connectivity index (χ3v) is 13.8. The summed E-state index contributed by atoms with van der Waals surface area (Å²) in [5.41, 5.74) is 0.802. The molecule has 13 nitrogen and oxygen atoms in total. The maximum Gasteiger partial charge on any atom is 0.318 e. The monoisotopic (exact) mass is 750 g/mol. The smallest absolute Gasteiger partial charge is 0.318 e. The van der Waals surface area contributed by atoms with Crippen LogP contribution in [0.15, 0.2) is 41.8 Å². The Bertz CT molecular complexity index is 2030. The molecule has 3 N–H and O–H groups in total. The van der Waals surface area contributed by atoms with E-state index in [2.05, 4.69) is 29.2 Å². The molecule has 2 aromatic heterocycles. The van der Waals surface area contributed by atoms with Gasteiger partial charge >= 0.3 is 6.03 Å². The van der Waals surface area contributed by atoms with Crippen LogP contribution < -0.4 is 24.8 Å². The summed E-state index contributed by atoms with van der Waals surface area (Å²) in [6.07, 6.45) is 8.00. The summed E-state index contributed by atoms with van der Waals surface area (Å²) in [7, 11) is -2.34. The molecule has 15 heteroatoms. The van der Waals surface area contributed by atoms with Crippen LogP contribution in [0.2, 0.25) is 0 Å². The quantitative estimate of drug-likeness (QED) is 0.268. The number of methoxy groups -OCH3 is 1. The van der Waals surface area contributed by atoms with Gasteiger partial charge in [0, 0.05) is 41.8 Å². The lowest BCUT2D eigenvalue weighted by molar-refractivity contribution is -0.131. The lowest BCUT2D eigenvalue weighted by atomic mass is 10.1. The van der Waals surface area contributed by atoms with Gasteiger partial charge in [0.1, 0.15) is 39.9 Å². The molecule has 0 radical (unpaired) electrons. The molecule has 3 fully saturated rings. The van der Waals surface area contributed by atoms with Crippen molar-refractivity contribution in [1.29, 1.82) is 0 Å². The number of urea groups is 1. The molecule has 1 aromatic carbocycles. The van der Waals surface area contributed by atoms with E-state index in [1.165, 1.54) is 16.2 Å². The minimum atomic E-state index is -3.94. The van der Waals surface area contributed by atoms with Gasteiger partial charge in [0.2, 0.25) is 15.9 Å². The summed E-state index contributed by atoms with van der Waals surface area (Å²) in [5, 5.41) is 9.38. The number of ether oxygens (including phenoxy) is 2. The van der Waals surface area contributed by atoms with Crippen LogP contribution in [0.1, 0.15) is 83.7 Å². The van der Waals surface area contributed by atoms with Crippen molar-refractivity contribution in [3.8, 4) is 22.2 Å². The van der Waals surface area contributed by atoms with E-state index >= 15 is 0 Å². The third-order valence-electron chi connectivity index (χ3n) is 10.7. The number of carbonyl (C=O) groups is 3. The molecule has 52 heavy (non-hydrogen) atoms. The van der Waals surface area contributed by atoms with E-state index in [4.69, 9.17) is 19.4 Å². The Morgan fingerprint density at radius 2 is 1.94 bits per heavy atom. The molecule has 1 saturated heterocycles. The van der Waals surface area contributed by atoms with Crippen LogP contribution >= 0.6 is 11.3 Å². The Kier molecular flexibility index (Phi) is 9.70. The van der Waals surface area contributed by atoms with Crippen molar-refractivity contribution in [1.82, 2.24) is 30.2 Å². The van der Waals surface area contributed by atoms with Gasteiger partial charge in [-0.25, -0.2) is 23.2 Å². The number of pyridine rings is 1. The molecular weight excluding hydrogens is 705 g/mol. The molecule has 278 valence electrons. The van der Waals surface area contributed by atoms with Crippen molar-refractivity contribution in [3.63, 3.8) is 0 Å². The number of allylic oxidation sites excluding steroid dienone is 1. The number of benzene rings is 1. The number of nitrogens with zero attached hydrogens (tertiary/aromatic N) is 3. The lowest BCUT2D eigenvalue weighted by Crippen LogP contribution is -2.57. The fourth-order valence-corrected chi connectivity index (χ4v) is 9.15. The molecule has 4 unspecified atom stereocenters. The zero-order valence-corrected chi connectivity index (χ0v) is 31.6. The Labute approximate surface area is 308 Å². The van der Waals surface area contributed by atoms with Crippen LogP contribution in [0.5, 0.6) is 11.5 Å². The number of hydrogen-bond acceptors (Lipinski definition) is 10. The lowest BCUT2D eigenvalue weighted by Gasteiger charge is -2.27. The number of thiazole rings is 1. The number of fused-ring (bicyclic) bond motifs is 3. The van der Waals surface area contributed by atoms with E-state index in [0.29, 0.717) is 42.1 Å². The number of hydrogen-bond donors (Lipinski definition) is 3. The molecule has 4 atom stereocenters. The van der Waals surface area contributed by atoms with Crippen molar-refractivity contribution in [3.05, 3.63) is 47.5 Å². The van der Waals surface area contributed by atoms with Crippen molar-refractivity contribution in [2.45, 2.75) is 100 Å². The van der Waals surface area contributed by atoms with Gasteiger partial charge in [-0.15, -0.1) is 11.3 Å². The first-order valence-electron chi connectivity index (χ1n) is 18.0. The largest absolute Gasteiger partial charge is 0.497 e. The highest BCUT2D eigenvalue weighted by atomic mass is 32.2. The molecule has 2 aliphatic heterocycles. The van der Waals surface area contributed by atoms with Crippen molar-refractivity contribution < 1.29 is 32.3 Å². The predicted octanol–water partition coefficient (Wildman–Crippen LogP) is 5.03. The van der Waals surface area contributed by atoms with Crippen LogP contribution in [-0.2, 0) is 19.6 Å². The number of nitrogens with one attached hydrogen (secondary N) is 3. The normalized spacial score (nSPS) is 26.0. The fourth-order valence-electron chi connectivity index (χ4n) is 6.90. The third kappa shape index (κ3) is 7.08. The molecule has 2 saturated carbocycles. The summed E-state index contributed by atoms with van der Waals surface area (Å²) < 4.78 is 39.6. The second-order valence-corrected chi connectivity index (χ2v) is 18.0. The van der Waals surface area contributed by atoms with E-state index in [1.807, 2.05) is 41.8 Å².